The standard InChI is InChI=1S/C11H8BrNO3S/c12-7-3-8(17-6-7)4-13-2-1-10(14)9(5-13)11(15)16/h1-3,5-6H,4H2,(H,15,16). The van der Waals surface area contributed by atoms with E-state index in [0.717, 1.165) is 9.35 Å². The first-order valence-corrected chi connectivity index (χ1v) is 6.40. The van der Waals surface area contributed by atoms with Crippen LogP contribution in [0.4, 0.5) is 0 Å². The van der Waals surface area contributed by atoms with E-state index in [-0.39, 0.29) is 5.56 Å². The Hall–Kier alpha value is -1.40. The lowest BCUT2D eigenvalue weighted by Crippen LogP contribution is -2.16. The van der Waals surface area contributed by atoms with Gasteiger partial charge in [0, 0.05) is 33.2 Å². The molecule has 0 bridgehead atoms. The molecule has 0 aromatic carbocycles. The molecule has 6 heteroatoms. The highest BCUT2D eigenvalue weighted by Crippen LogP contribution is 2.20. The van der Waals surface area contributed by atoms with E-state index in [1.54, 1.807) is 22.1 Å². The number of nitrogens with zero attached hydrogens (tertiary/aromatic N) is 1. The Balaban J connectivity index is 2.31. The number of rotatable bonds is 3. The average Bonchev–Trinajstić information content (AvgIpc) is 2.66. The molecule has 0 amide bonds. The minimum atomic E-state index is -1.20. The van der Waals surface area contributed by atoms with E-state index in [4.69, 9.17) is 5.11 Å². The van der Waals surface area contributed by atoms with Crippen molar-refractivity contribution in [1.82, 2.24) is 4.57 Å². The van der Waals surface area contributed by atoms with Crippen LogP contribution in [0.3, 0.4) is 0 Å². The maximum atomic E-state index is 11.3. The number of carboxylic acid groups (broad SMARTS) is 1. The predicted octanol–water partition coefficient (Wildman–Crippen LogP) is 2.42. The molecule has 0 radical (unpaired) electrons. The van der Waals surface area contributed by atoms with E-state index in [9.17, 15) is 9.59 Å². The highest BCUT2D eigenvalue weighted by molar-refractivity contribution is 9.10. The van der Waals surface area contributed by atoms with Gasteiger partial charge in [0.25, 0.3) is 0 Å². The summed E-state index contributed by atoms with van der Waals surface area (Å²) in [6, 6.07) is 3.23. The van der Waals surface area contributed by atoms with Crippen LogP contribution >= 0.6 is 27.3 Å². The van der Waals surface area contributed by atoms with Crippen LogP contribution in [0.15, 0.2) is 39.2 Å². The van der Waals surface area contributed by atoms with Gasteiger partial charge in [0.2, 0.25) is 0 Å². The Morgan fingerprint density at radius 1 is 1.53 bits per heavy atom. The summed E-state index contributed by atoms with van der Waals surface area (Å²) in [4.78, 5) is 23.2. The first-order valence-electron chi connectivity index (χ1n) is 4.72. The lowest BCUT2D eigenvalue weighted by molar-refractivity contribution is 0.0694. The minimum absolute atomic E-state index is 0.205. The number of hydrogen-bond acceptors (Lipinski definition) is 3. The van der Waals surface area contributed by atoms with Crippen LogP contribution in [0, 0.1) is 0 Å². The van der Waals surface area contributed by atoms with Crippen molar-refractivity contribution < 1.29 is 9.90 Å². The third kappa shape index (κ3) is 2.83. The van der Waals surface area contributed by atoms with Gasteiger partial charge in [-0.1, -0.05) is 0 Å². The van der Waals surface area contributed by atoms with Crippen molar-refractivity contribution in [3.8, 4) is 0 Å². The van der Waals surface area contributed by atoms with Gasteiger partial charge in [-0.2, -0.15) is 0 Å². The Labute approximate surface area is 109 Å². The second kappa shape index (κ2) is 4.85. The highest BCUT2D eigenvalue weighted by Gasteiger charge is 2.08. The van der Waals surface area contributed by atoms with Gasteiger partial charge in [0.1, 0.15) is 5.56 Å². The number of aromatic carboxylic acids is 1. The fourth-order valence-electron chi connectivity index (χ4n) is 1.40. The zero-order chi connectivity index (χ0) is 12.4. The number of thiophene rings is 1. The van der Waals surface area contributed by atoms with Crippen molar-refractivity contribution in [2.24, 2.45) is 0 Å². The van der Waals surface area contributed by atoms with Crippen molar-refractivity contribution in [3.63, 3.8) is 0 Å². The quantitative estimate of drug-likeness (QED) is 0.946. The summed E-state index contributed by atoms with van der Waals surface area (Å²) in [7, 11) is 0. The van der Waals surface area contributed by atoms with E-state index >= 15 is 0 Å². The fraction of sp³-hybridized carbons (Fsp3) is 0.0909. The van der Waals surface area contributed by atoms with E-state index < -0.39 is 11.4 Å². The molecule has 0 saturated carbocycles. The number of hydrogen-bond donors (Lipinski definition) is 1. The molecule has 2 aromatic rings. The van der Waals surface area contributed by atoms with Crippen LogP contribution in [0.1, 0.15) is 15.2 Å². The van der Waals surface area contributed by atoms with Gasteiger partial charge in [0.05, 0.1) is 6.54 Å². The molecule has 2 heterocycles. The van der Waals surface area contributed by atoms with Crippen LogP contribution in [0.2, 0.25) is 0 Å². The molecule has 0 unspecified atom stereocenters. The van der Waals surface area contributed by atoms with Gasteiger partial charge in [-0.05, 0) is 22.0 Å². The molecule has 2 rings (SSSR count). The van der Waals surface area contributed by atoms with Crippen molar-refractivity contribution in [2.75, 3.05) is 0 Å². The lowest BCUT2D eigenvalue weighted by Gasteiger charge is -2.04. The van der Waals surface area contributed by atoms with Crippen LogP contribution in [0.25, 0.3) is 0 Å². The zero-order valence-corrected chi connectivity index (χ0v) is 11.0. The van der Waals surface area contributed by atoms with Gasteiger partial charge in [-0.25, -0.2) is 4.79 Å². The smallest absolute Gasteiger partial charge is 0.341 e. The molecule has 0 spiro atoms. The number of pyridine rings is 1. The molecule has 17 heavy (non-hydrogen) atoms. The maximum Gasteiger partial charge on any atom is 0.341 e. The highest BCUT2D eigenvalue weighted by atomic mass is 79.9. The number of carboxylic acids is 1. The zero-order valence-electron chi connectivity index (χ0n) is 8.59. The second-order valence-electron chi connectivity index (χ2n) is 3.43. The summed E-state index contributed by atoms with van der Waals surface area (Å²) < 4.78 is 2.68. The largest absolute Gasteiger partial charge is 0.477 e. The maximum absolute atomic E-state index is 11.3. The molecular formula is C11H8BrNO3S. The molecule has 1 N–H and O–H groups in total. The SMILES string of the molecule is O=C(O)c1cn(Cc2cc(Br)cs2)ccc1=O. The van der Waals surface area contributed by atoms with Crippen molar-refractivity contribution >= 4 is 33.2 Å². The molecule has 0 aliphatic rings. The Kier molecular flexibility index (Phi) is 3.44. The van der Waals surface area contributed by atoms with Crippen LogP contribution in [-0.4, -0.2) is 15.6 Å². The van der Waals surface area contributed by atoms with Crippen molar-refractivity contribution in [2.45, 2.75) is 6.54 Å². The first kappa shape index (κ1) is 12.1. The molecule has 0 saturated heterocycles. The Morgan fingerprint density at radius 3 is 2.88 bits per heavy atom. The van der Waals surface area contributed by atoms with Crippen LogP contribution in [-0.2, 0) is 6.54 Å². The molecule has 0 aliphatic carbocycles. The monoisotopic (exact) mass is 313 g/mol. The average molecular weight is 314 g/mol. The summed E-state index contributed by atoms with van der Waals surface area (Å²) in [6.07, 6.45) is 2.95. The minimum Gasteiger partial charge on any atom is -0.477 e. The topological polar surface area (TPSA) is 59.3 Å². The third-order valence-electron chi connectivity index (χ3n) is 2.17. The summed E-state index contributed by atoms with van der Waals surface area (Å²) >= 11 is 4.92. The molecular weight excluding hydrogens is 306 g/mol. The summed E-state index contributed by atoms with van der Waals surface area (Å²) in [5, 5.41) is 10.8. The molecule has 2 aromatic heterocycles. The lowest BCUT2D eigenvalue weighted by atomic mass is 10.3. The van der Waals surface area contributed by atoms with Crippen molar-refractivity contribution in [3.05, 3.63) is 55.0 Å². The van der Waals surface area contributed by atoms with Gasteiger partial charge in [-0.3, -0.25) is 4.79 Å². The number of aromatic nitrogens is 1. The van der Waals surface area contributed by atoms with E-state index in [0.29, 0.717) is 6.54 Å². The van der Waals surface area contributed by atoms with Gasteiger partial charge in [-0.15, -0.1) is 11.3 Å². The van der Waals surface area contributed by atoms with Gasteiger partial charge < -0.3 is 9.67 Å². The van der Waals surface area contributed by atoms with E-state index in [2.05, 4.69) is 15.9 Å². The first-order chi connectivity index (χ1) is 8.06. The molecule has 88 valence electrons. The summed E-state index contributed by atoms with van der Waals surface area (Å²) in [5.41, 5.74) is -0.677. The Bertz CT molecular complexity index is 617. The van der Waals surface area contributed by atoms with E-state index in [1.807, 2.05) is 11.4 Å². The van der Waals surface area contributed by atoms with Gasteiger partial charge >= 0.3 is 5.97 Å². The molecule has 0 aliphatic heterocycles. The number of carbonyl (C=O) groups is 1. The predicted molar refractivity (Wildman–Crippen MR) is 68.8 cm³/mol. The second-order valence-corrected chi connectivity index (χ2v) is 5.34. The van der Waals surface area contributed by atoms with Crippen LogP contribution in [0.5, 0.6) is 0 Å². The molecule has 4 nitrogen and oxygen atoms in total. The molecule has 0 atom stereocenters. The van der Waals surface area contributed by atoms with E-state index in [1.165, 1.54) is 12.3 Å². The van der Waals surface area contributed by atoms with Gasteiger partial charge in [0.15, 0.2) is 5.43 Å². The fourth-order valence-corrected chi connectivity index (χ4v) is 2.86. The van der Waals surface area contributed by atoms with Crippen molar-refractivity contribution in [1.29, 1.82) is 0 Å². The molecule has 0 fully saturated rings. The summed E-state index contributed by atoms with van der Waals surface area (Å²) in [5.74, 6) is -1.20. The van der Waals surface area contributed by atoms with Crippen LogP contribution < -0.4 is 5.43 Å². The normalized spacial score (nSPS) is 10.4. The third-order valence-corrected chi connectivity index (χ3v) is 3.85. The Morgan fingerprint density at radius 2 is 2.29 bits per heavy atom. The number of halogens is 1. The summed E-state index contributed by atoms with van der Waals surface area (Å²) in [6.45, 7) is 0.552.